The fourth-order valence-corrected chi connectivity index (χ4v) is 15.0. The predicted molar refractivity (Wildman–Crippen MR) is 362 cm³/mol. The van der Waals surface area contributed by atoms with Crippen LogP contribution in [0.2, 0.25) is 6.32 Å². The van der Waals surface area contributed by atoms with Crippen LogP contribution in [0.3, 0.4) is 0 Å². The number of nitrogens with one attached hydrogen (secondary N) is 4. The number of furan rings is 2. The summed E-state index contributed by atoms with van der Waals surface area (Å²) >= 11 is 0. The first kappa shape index (κ1) is 72.5. The van der Waals surface area contributed by atoms with Gasteiger partial charge in [0.1, 0.15) is 11.2 Å². The highest BCUT2D eigenvalue weighted by atomic mass is 16.7. The van der Waals surface area contributed by atoms with E-state index in [-0.39, 0.29) is 72.4 Å². The summed E-state index contributed by atoms with van der Waals surface area (Å²) in [6.07, 6.45) is 13.0. The molecule has 8 aliphatic rings. The van der Waals surface area contributed by atoms with Crippen molar-refractivity contribution in [2.24, 2.45) is 23.2 Å². The van der Waals surface area contributed by atoms with Gasteiger partial charge in [0.05, 0.1) is 75.7 Å². The van der Waals surface area contributed by atoms with Crippen LogP contribution >= 0.6 is 0 Å². The zero-order chi connectivity index (χ0) is 68.4. The lowest BCUT2D eigenvalue weighted by atomic mass is 9.43. The van der Waals surface area contributed by atoms with Crippen LogP contribution in [0.25, 0.3) is 31.6 Å². The number of carbonyl (C=O) groups is 4. The average molecular weight is 1310 g/mol. The Morgan fingerprint density at radius 3 is 1.61 bits per heavy atom. The molecule has 7 heterocycles. The van der Waals surface area contributed by atoms with E-state index in [1.807, 2.05) is 90.1 Å². The minimum atomic E-state index is -1.78. The highest BCUT2D eigenvalue weighted by Gasteiger charge is 2.68. The number of para-hydroxylation sites is 2. The molecule has 95 heavy (non-hydrogen) atoms. The second-order valence-electron chi connectivity index (χ2n) is 28.6. The Morgan fingerprint density at radius 2 is 1.17 bits per heavy atom. The van der Waals surface area contributed by atoms with Gasteiger partial charge in [-0.2, -0.15) is 0 Å². The third-order valence-corrected chi connectivity index (χ3v) is 20.6. The highest BCUT2D eigenvalue weighted by molar-refractivity contribution is 6.48. The van der Waals surface area contributed by atoms with E-state index in [1.165, 1.54) is 0 Å². The molecule has 0 spiro atoms. The van der Waals surface area contributed by atoms with Gasteiger partial charge in [0.15, 0.2) is 0 Å². The quantitative estimate of drug-likeness (QED) is 0.0267. The molecule has 4 aromatic rings. The van der Waals surface area contributed by atoms with E-state index in [0.717, 1.165) is 85.8 Å². The second-order valence-corrected chi connectivity index (χ2v) is 28.6. The molecular formula is C68H97B3N10O14. The standard InChI is InChI=1S/C37H50BN5O6.C27H36BN5O6.C4H11BO2/c1-35(2,42-14-16-46-17-15-42)21-28(39-6)33(44)43-13-9-10-26(43)22-40-34(45)41-32(18-24-23-47-29-12-8-7-11-27(24)29)38-48-31-20-25-19-30(36(25,3)4)37(31,5)49-38;1-27(2,32-11-13-38-14-12-32)16-22(29-3)25(34)33-10-6-7-20(33)17-30-26(35)31-24(28(36)37)15-19-18-39-23-9-5-4-8-21(19)23;1-4(2)3-5(6)7/h7-8,11-12,21,23,25-26,30-32H,9-10,13-20,22H2,1-5H3,(H2,40,41,45);4-5,8-9,16,18,20,24,36-37H,6-7,10-15,17H2,1-2H3,(H2,30,31,35);4,6-7H,3H2,1-2H3/t25-,26+,30-,31+,32-,37-;20-,24+;/m01./s1. The summed E-state index contributed by atoms with van der Waals surface area (Å²) < 4.78 is 35.7. The van der Waals surface area contributed by atoms with Crippen molar-refractivity contribution in [1.29, 1.82) is 0 Å². The van der Waals surface area contributed by atoms with Gasteiger partial charge >= 0.3 is 33.4 Å². The van der Waals surface area contributed by atoms with Crippen LogP contribution in [-0.2, 0) is 41.2 Å². The topological polar surface area (TPSA) is 282 Å². The third-order valence-electron chi connectivity index (χ3n) is 20.6. The van der Waals surface area contributed by atoms with E-state index in [0.29, 0.717) is 82.0 Å². The summed E-state index contributed by atoms with van der Waals surface area (Å²) in [6, 6.07) is 13.9. The number of carbonyl (C=O) groups excluding carboxylic acids is 4. The Kier molecular flexibility index (Phi) is 24.1. The number of ether oxygens (including phenoxy) is 2. The lowest BCUT2D eigenvalue weighted by Gasteiger charge is -2.64. The Labute approximate surface area is 559 Å². The Bertz CT molecular complexity index is 3440. The lowest BCUT2D eigenvalue weighted by molar-refractivity contribution is -0.199. The summed E-state index contributed by atoms with van der Waals surface area (Å²) in [5.74, 6) is -0.665. The van der Waals surface area contributed by atoms with Gasteiger partial charge in [-0.05, 0) is 139 Å². The third kappa shape index (κ3) is 17.5. The molecule has 2 bridgehead atoms. The molecule has 6 amide bonds. The van der Waals surface area contributed by atoms with E-state index in [1.54, 1.807) is 34.5 Å². The molecule has 8 atom stereocenters. The van der Waals surface area contributed by atoms with E-state index in [9.17, 15) is 29.2 Å². The van der Waals surface area contributed by atoms with Crippen LogP contribution < -0.4 is 21.3 Å². The van der Waals surface area contributed by atoms with Crippen molar-refractivity contribution in [2.45, 2.75) is 167 Å². The summed E-state index contributed by atoms with van der Waals surface area (Å²) in [6.45, 7) is 41.3. The van der Waals surface area contributed by atoms with Gasteiger partial charge in [0, 0.05) is 86.3 Å². The summed E-state index contributed by atoms with van der Waals surface area (Å²) in [5.41, 5.74) is 2.23. The number of hydrogen-bond acceptors (Lipinski definition) is 16. The van der Waals surface area contributed by atoms with Gasteiger partial charge in [-0.25, -0.2) is 19.3 Å². The van der Waals surface area contributed by atoms with Crippen LogP contribution in [0, 0.1) is 36.3 Å². The SMILES string of the molecule is CC(C)CB(O)O.[C-]#[N+]C(=CC(C)(C)N1CCOCC1)C(=O)N1CCC[C@@H]1CNC(=O)N[C@@H](Cc1coc2ccccc12)B(O)O.[C-]#[N+]C(=CC(C)(C)N1CCOCC1)C(=O)N1CCC[C@@H]1CNC(=O)N[C@@H](Cc1coc2ccccc12)B1O[C@@H]2C[C@@H]3C[C@@H](C3(C)C)[C@]2(C)O1. The minimum absolute atomic E-state index is 0.0151. The lowest BCUT2D eigenvalue weighted by Crippen LogP contribution is -2.65. The van der Waals surface area contributed by atoms with E-state index >= 15 is 0 Å². The van der Waals surface area contributed by atoms with Crippen molar-refractivity contribution in [2.75, 3.05) is 78.8 Å². The average Bonchev–Trinajstić information content (AvgIpc) is 1.66. The van der Waals surface area contributed by atoms with E-state index in [2.05, 4.69) is 61.5 Å². The summed E-state index contributed by atoms with van der Waals surface area (Å²) in [4.78, 5) is 68.4. The number of morpholine rings is 2. The zero-order valence-electron chi connectivity index (χ0n) is 56.7. The first-order valence-corrected chi connectivity index (χ1v) is 33.8. The highest BCUT2D eigenvalue weighted by Crippen LogP contribution is 2.66. The predicted octanol–water partition coefficient (Wildman–Crippen LogP) is 6.49. The summed E-state index contributed by atoms with van der Waals surface area (Å²) in [7, 11) is -3.52. The molecule has 3 saturated carbocycles. The molecule has 2 aromatic carbocycles. The molecule has 0 unspecified atom stereocenters. The van der Waals surface area contributed by atoms with Crippen molar-refractivity contribution in [3.63, 3.8) is 0 Å². The maximum atomic E-state index is 13.7. The van der Waals surface area contributed by atoms with Crippen LogP contribution in [-0.4, -0.2) is 210 Å². The fourth-order valence-electron chi connectivity index (χ4n) is 15.0. The number of fused-ring (bicyclic) bond motifs is 2. The van der Waals surface area contributed by atoms with Crippen molar-refractivity contribution >= 4 is 67.2 Å². The normalized spacial score (nSPS) is 24.4. The first-order valence-electron chi connectivity index (χ1n) is 33.8. The maximum absolute atomic E-state index is 13.7. The van der Waals surface area contributed by atoms with Gasteiger partial charge in [0.2, 0.25) is 11.4 Å². The molecule has 3 aliphatic carbocycles. The van der Waals surface area contributed by atoms with Crippen LogP contribution in [0.15, 0.2) is 93.4 Å². The summed E-state index contributed by atoms with van der Waals surface area (Å²) in [5, 5.41) is 49.8. The number of hydrogen-bond donors (Lipinski definition) is 8. The van der Waals surface area contributed by atoms with Gasteiger partial charge in [-0.1, -0.05) is 76.2 Å². The zero-order valence-corrected chi connectivity index (χ0v) is 56.7. The fraction of sp³-hybridized carbons (Fsp3) is 0.618. The largest absolute Gasteiger partial charge is 0.482 e. The molecule has 5 saturated heterocycles. The molecule has 12 rings (SSSR count). The van der Waals surface area contributed by atoms with Crippen molar-refractivity contribution < 1.29 is 66.9 Å². The smallest absolute Gasteiger partial charge is 0.464 e. The Morgan fingerprint density at radius 1 is 0.695 bits per heavy atom. The number of amides is 6. The molecule has 0 radical (unpaired) electrons. The van der Waals surface area contributed by atoms with Crippen molar-refractivity contribution in [3.8, 4) is 0 Å². The van der Waals surface area contributed by atoms with Crippen LogP contribution in [0.5, 0.6) is 0 Å². The van der Waals surface area contributed by atoms with Crippen molar-refractivity contribution in [1.82, 2.24) is 40.9 Å². The molecule has 27 heteroatoms. The second kappa shape index (κ2) is 31.6. The number of rotatable bonds is 20. The molecule has 8 N–H and O–H groups in total. The Balaban J connectivity index is 0.000000207. The molecule has 2 aromatic heterocycles. The minimum Gasteiger partial charge on any atom is -0.464 e. The van der Waals surface area contributed by atoms with Crippen LogP contribution in [0.1, 0.15) is 112 Å². The molecule has 8 fully saturated rings. The monoisotopic (exact) mass is 1310 g/mol. The number of nitrogens with zero attached hydrogens (tertiary/aromatic N) is 6. The Hall–Kier alpha value is -6.75. The number of benzene rings is 2. The first-order chi connectivity index (χ1) is 45.2. The van der Waals surface area contributed by atoms with Gasteiger partial charge in [0.25, 0.3) is 11.8 Å². The van der Waals surface area contributed by atoms with Crippen molar-refractivity contribution in [3.05, 3.63) is 119 Å². The van der Waals surface area contributed by atoms with E-state index < -0.39 is 55.9 Å². The molecule has 512 valence electrons. The number of urea groups is 2. The van der Waals surface area contributed by atoms with Crippen LogP contribution in [0.4, 0.5) is 9.59 Å². The maximum Gasteiger partial charge on any atom is 0.482 e. The van der Waals surface area contributed by atoms with E-state index in [4.69, 9.17) is 50.8 Å². The molecule has 24 nitrogen and oxygen atoms in total. The number of likely N-dealkylation sites (tertiary alicyclic amines) is 2. The van der Waals surface area contributed by atoms with Gasteiger partial charge in [-0.3, -0.25) is 19.4 Å². The molecule has 5 aliphatic heterocycles. The van der Waals surface area contributed by atoms with Gasteiger partial charge in [-0.15, -0.1) is 0 Å². The molecular weight excluding hydrogens is 1210 g/mol. The van der Waals surface area contributed by atoms with Gasteiger partial charge < -0.3 is 78.8 Å².